The van der Waals surface area contributed by atoms with Gasteiger partial charge in [-0.05, 0) is 146 Å². The van der Waals surface area contributed by atoms with Gasteiger partial charge < -0.3 is 28.4 Å². The maximum absolute atomic E-state index is 15.4. The van der Waals surface area contributed by atoms with Gasteiger partial charge in [-0.15, -0.1) is 0 Å². The van der Waals surface area contributed by atoms with Gasteiger partial charge in [0.05, 0.1) is 13.2 Å². The Hall–Kier alpha value is -4.14. The number of ether oxygens (including phenoxy) is 6. The first-order chi connectivity index (χ1) is 30.4. The Morgan fingerprint density at radius 2 is 0.708 bits per heavy atom. The minimum Gasteiger partial charge on any atom is -0.493 e. The van der Waals surface area contributed by atoms with Crippen molar-refractivity contribution in [3.05, 3.63) is 93.5 Å². The number of rotatable bonds is 20. The summed E-state index contributed by atoms with van der Waals surface area (Å²) in [5.41, 5.74) is 8.05. The molecule has 0 atom stereocenters. The van der Waals surface area contributed by atoms with Crippen LogP contribution in [0.1, 0.15) is 163 Å². The number of halogens is 2. The molecule has 0 bridgehead atoms. The molecule has 4 aromatic carbocycles. The fourth-order valence-corrected chi connectivity index (χ4v) is 8.99. The molecule has 0 amide bonds. The van der Waals surface area contributed by atoms with E-state index in [0.717, 1.165) is 46.2 Å². The van der Waals surface area contributed by atoms with E-state index in [1.54, 1.807) is 0 Å². The smallest absolute Gasteiger partial charge is 0.189 e. The third-order valence-electron chi connectivity index (χ3n) is 10.9. The summed E-state index contributed by atoms with van der Waals surface area (Å²) in [5, 5.41) is 0. The molecule has 0 aliphatic rings. The van der Waals surface area contributed by atoms with Gasteiger partial charge in [-0.25, -0.2) is 8.78 Å². The predicted octanol–water partition coefficient (Wildman–Crippen LogP) is 16.6. The molecule has 0 saturated carbocycles. The number of hydrogen-bond acceptors (Lipinski definition) is 6. The summed E-state index contributed by atoms with van der Waals surface area (Å²) in [6.07, 6.45) is 2.39. The van der Waals surface area contributed by atoms with Crippen molar-refractivity contribution >= 4 is 0 Å². The van der Waals surface area contributed by atoms with Gasteiger partial charge in [-0.2, -0.15) is 0 Å². The fraction of sp³-hybridized carbons (Fsp3) is 0.579. The molecular formula is C57H86F2O6. The van der Waals surface area contributed by atoms with Crippen LogP contribution >= 0.6 is 0 Å². The number of hydrogen-bond donors (Lipinski definition) is 0. The summed E-state index contributed by atoms with van der Waals surface area (Å²) in [4.78, 5) is 0. The molecule has 65 heavy (non-hydrogen) atoms. The lowest BCUT2D eigenvalue weighted by atomic mass is 9.71. The molecule has 0 aromatic heterocycles. The Labute approximate surface area is 394 Å². The molecule has 0 aliphatic heterocycles. The van der Waals surface area contributed by atoms with Gasteiger partial charge in [0, 0.05) is 41.9 Å². The third kappa shape index (κ3) is 16.6. The second-order valence-corrected chi connectivity index (χ2v) is 20.3. The summed E-state index contributed by atoms with van der Waals surface area (Å²) in [5.74, 6) is 1.70. The summed E-state index contributed by atoms with van der Waals surface area (Å²) < 4.78 is 67.6. The SMILES string of the molecule is CC.CC.CCOCOc1c(C)cc(C(C)(C)CC(C)(C)C)cc1-c1cc(F)cc(C)c1OCCCOc1c(C)cc(F)cc1-c1cc(C(C)(C)CC(C)(C)C)cc(C)c1OCOCC. The molecule has 0 unspecified atom stereocenters. The van der Waals surface area contributed by atoms with Crippen LogP contribution in [0.2, 0.25) is 0 Å². The van der Waals surface area contributed by atoms with Crippen molar-refractivity contribution in [1.82, 2.24) is 0 Å². The zero-order valence-electron chi connectivity index (χ0n) is 44.2. The first kappa shape index (κ1) is 57.0. The average molecular weight is 905 g/mol. The largest absolute Gasteiger partial charge is 0.493 e. The van der Waals surface area contributed by atoms with Crippen LogP contribution in [0, 0.1) is 50.2 Å². The Bertz CT molecular complexity index is 1960. The van der Waals surface area contributed by atoms with E-state index in [-0.39, 0.29) is 60.1 Å². The normalized spacial score (nSPS) is 11.9. The van der Waals surface area contributed by atoms with Gasteiger partial charge >= 0.3 is 0 Å². The van der Waals surface area contributed by atoms with Gasteiger partial charge in [0.1, 0.15) is 34.6 Å². The van der Waals surface area contributed by atoms with Crippen LogP contribution in [0.5, 0.6) is 23.0 Å². The molecule has 0 aliphatic carbocycles. The first-order valence-electron chi connectivity index (χ1n) is 24.0. The van der Waals surface area contributed by atoms with Crippen molar-refractivity contribution < 1.29 is 37.2 Å². The summed E-state index contributed by atoms with van der Waals surface area (Å²) in [6, 6.07) is 14.6. The Morgan fingerprint density at radius 1 is 0.415 bits per heavy atom. The molecule has 0 spiro atoms. The Kier molecular flexibility index (Phi) is 22.0. The van der Waals surface area contributed by atoms with Gasteiger partial charge in [0.15, 0.2) is 13.6 Å². The molecule has 0 saturated heterocycles. The summed E-state index contributed by atoms with van der Waals surface area (Å²) in [6.45, 7) is 43.8. The average Bonchev–Trinajstić information content (AvgIpc) is 3.19. The molecule has 8 heteroatoms. The van der Waals surface area contributed by atoms with Crippen molar-refractivity contribution in [3.8, 4) is 45.3 Å². The minimum atomic E-state index is -0.360. The first-order valence-corrected chi connectivity index (χ1v) is 24.0. The maximum atomic E-state index is 15.4. The fourth-order valence-electron chi connectivity index (χ4n) is 8.99. The quantitative estimate of drug-likeness (QED) is 0.0651. The third-order valence-corrected chi connectivity index (χ3v) is 10.9. The van der Waals surface area contributed by atoms with E-state index >= 15 is 8.78 Å². The summed E-state index contributed by atoms with van der Waals surface area (Å²) in [7, 11) is 0. The molecule has 0 heterocycles. The molecular weight excluding hydrogens is 819 g/mol. The standard InChI is InChI=1S/C53H74F2O6.2C2H6/c1-17-56-32-60-48-34(3)22-38(52(13,14)30-50(7,8)9)26-42(48)44-28-40(54)24-36(5)46(44)58-20-19-21-59-47-37(6)25-41(55)29-45(47)43-27-39(53(15,16)31-51(10,11)12)23-35(4)49(43)61-33-57-18-2;2*1-2/h22-29H,17-21,30-33H2,1-16H3;2*1-2H3. The van der Waals surface area contributed by atoms with E-state index in [1.165, 1.54) is 24.3 Å². The van der Waals surface area contributed by atoms with Crippen LogP contribution in [0.3, 0.4) is 0 Å². The van der Waals surface area contributed by atoms with Crippen LogP contribution in [0.4, 0.5) is 8.78 Å². The van der Waals surface area contributed by atoms with Crippen molar-refractivity contribution in [2.45, 2.75) is 169 Å². The van der Waals surface area contributed by atoms with Crippen LogP contribution in [0.15, 0.2) is 48.5 Å². The number of aryl methyl sites for hydroxylation is 4. The molecule has 0 radical (unpaired) electrons. The lowest BCUT2D eigenvalue weighted by Crippen LogP contribution is -2.25. The molecule has 4 rings (SSSR count). The highest BCUT2D eigenvalue weighted by molar-refractivity contribution is 5.80. The molecule has 6 nitrogen and oxygen atoms in total. The van der Waals surface area contributed by atoms with Crippen LogP contribution < -0.4 is 18.9 Å². The van der Waals surface area contributed by atoms with E-state index in [4.69, 9.17) is 28.4 Å². The highest BCUT2D eigenvalue weighted by Gasteiger charge is 2.31. The monoisotopic (exact) mass is 905 g/mol. The lowest BCUT2D eigenvalue weighted by Gasteiger charge is -2.34. The topological polar surface area (TPSA) is 55.4 Å². The Balaban J connectivity index is 0.00000353. The van der Waals surface area contributed by atoms with Crippen molar-refractivity contribution in [3.63, 3.8) is 0 Å². The van der Waals surface area contributed by atoms with Gasteiger partial charge in [0.25, 0.3) is 0 Å². The molecule has 364 valence electrons. The lowest BCUT2D eigenvalue weighted by molar-refractivity contribution is 0.0221. The molecule has 0 N–H and O–H groups in total. The summed E-state index contributed by atoms with van der Waals surface area (Å²) >= 11 is 0. The van der Waals surface area contributed by atoms with Gasteiger partial charge in [-0.3, -0.25) is 0 Å². The van der Waals surface area contributed by atoms with E-state index in [2.05, 4.69) is 93.5 Å². The van der Waals surface area contributed by atoms with Gasteiger partial charge in [0.2, 0.25) is 0 Å². The van der Waals surface area contributed by atoms with E-state index in [9.17, 15) is 0 Å². The second kappa shape index (κ2) is 25.1. The second-order valence-electron chi connectivity index (χ2n) is 20.3. The predicted molar refractivity (Wildman–Crippen MR) is 269 cm³/mol. The highest BCUT2D eigenvalue weighted by Crippen LogP contribution is 2.47. The van der Waals surface area contributed by atoms with Crippen molar-refractivity contribution in [2.75, 3.05) is 40.0 Å². The van der Waals surface area contributed by atoms with E-state index in [1.807, 2.05) is 69.2 Å². The van der Waals surface area contributed by atoms with Crippen molar-refractivity contribution in [1.29, 1.82) is 0 Å². The molecule has 0 fully saturated rings. The zero-order valence-corrected chi connectivity index (χ0v) is 44.2. The minimum absolute atomic E-state index is 0.0698. The van der Waals surface area contributed by atoms with Crippen LogP contribution in [0.25, 0.3) is 22.3 Å². The van der Waals surface area contributed by atoms with Gasteiger partial charge in [-0.1, -0.05) is 109 Å². The van der Waals surface area contributed by atoms with Crippen molar-refractivity contribution in [2.24, 2.45) is 10.8 Å². The van der Waals surface area contributed by atoms with E-state index < -0.39 is 0 Å². The van der Waals surface area contributed by atoms with E-state index in [0.29, 0.717) is 64.9 Å². The molecule has 4 aromatic rings. The van der Waals surface area contributed by atoms with Crippen LogP contribution in [-0.4, -0.2) is 40.0 Å². The zero-order chi connectivity index (χ0) is 49.5. The Morgan fingerprint density at radius 3 is 1.02 bits per heavy atom. The van der Waals surface area contributed by atoms with Crippen LogP contribution in [-0.2, 0) is 20.3 Å². The number of benzene rings is 4. The highest BCUT2D eigenvalue weighted by atomic mass is 19.1. The maximum Gasteiger partial charge on any atom is 0.189 e.